The van der Waals surface area contributed by atoms with Crippen LogP contribution in [-0.2, 0) is 0 Å². The molecule has 0 spiro atoms. The van der Waals surface area contributed by atoms with Gasteiger partial charge in [-0.05, 0) is 12.8 Å². The van der Waals surface area contributed by atoms with Crippen molar-refractivity contribution in [2.24, 2.45) is 0 Å². The fourth-order valence-corrected chi connectivity index (χ4v) is 1.30. The number of nitrogens with two attached hydrogens (primary N) is 1. The SMILES string of the molecule is Nc1nc(C2CC2)nc(C(=O)[O-])c1Cl.[K+]. The van der Waals surface area contributed by atoms with Gasteiger partial charge in [0.05, 0.1) is 5.97 Å². The number of anilines is 1. The van der Waals surface area contributed by atoms with Crippen molar-refractivity contribution in [2.45, 2.75) is 18.8 Å². The maximum Gasteiger partial charge on any atom is 1.00 e. The molecule has 1 fully saturated rings. The number of nitrogens with zero attached hydrogens (tertiary/aromatic N) is 2. The minimum Gasteiger partial charge on any atom is -0.543 e. The molecule has 7 heteroatoms. The van der Waals surface area contributed by atoms with Crippen molar-refractivity contribution in [1.82, 2.24) is 9.97 Å². The van der Waals surface area contributed by atoms with Crippen LogP contribution in [0.2, 0.25) is 5.02 Å². The van der Waals surface area contributed by atoms with Gasteiger partial charge in [-0.25, -0.2) is 9.97 Å². The second-order valence-corrected chi connectivity index (χ2v) is 3.57. The smallest absolute Gasteiger partial charge is 0.543 e. The maximum atomic E-state index is 10.6. The van der Waals surface area contributed by atoms with Gasteiger partial charge in [-0.1, -0.05) is 11.6 Å². The molecule has 1 aliphatic rings. The molecule has 0 atom stereocenters. The zero-order chi connectivity index (χ0) is 10.3. The molecular formula is C8H7ClKN3O2. The molecular weight excluding hydrogens is 245 g/mol. The molecule has 0 aromatic carbocycles. The molecule has 0 radical (unpaired) electrons. The van der Waals surface area contributed by atoms with Gasteiger partial charge in [0.25, 0.3) is 0 Å². The second-order valence-electron chi connectivity index (χ2n) is 3.19. The Morgan fingerprint density at radius 3 is 2.53 bits per heavy atom. The van der Waals surface area contributed by atoms with E-state index in [1.807, 2.05) is 0 Å². The molecule has 2 N–H and O–H groups in total. The van der Waals surface area contributed by atoms with Gasteiger partial charge in [-0.2, -0.15) is 0 Å². The molecule has 2 rings (SSSR count). The van der Waals surface area contributed by atoms with E-state index in [0.29, 0.717) is 5.82 Å². The molecule has 1 saturated carbocycles. The standard InChI is InChI=1S/C8H8ClN3O2.K/c9-4-5(8(13)14)11-7(3-1-2-3)12-6(4)10;/h3H,1-2H2,(H,13,14)(H2,10,11,12);/q;+1/p-1. The van der Waals surface area contributed by atoms with Crippen LogP contribution in [0.15, 0.2) is 0 Å². The summed E-state index contributed by atoms with van der Waals surface area (Å²) in [6.45, 7) is 0. The normalized spacial score (nSPS) is 14.5. The first kappa shape index (κ1) is 13.3. The van der Waals surface area contributed by atoms with Gasteiger partial charge >= 0.3 is 51.4 Å². The molecule has 1 aromatic heterocycles. The number of hydrogen-bond acceptors (Lipinski definition) is 5. The molecule has 0 amide bonds. The molecule has 0 bridgehead atoms. The van der Waals surface area contributed by atoms with Crippen LogP contribution < -0.4 is 62.2 Å². The predicted molar refractivity (Wildman–Crippen MR) is 47.8 cm³/mol. The van der Waals surface area contributed by atoms with Crippen LogP contribution in [0.25, 0.3) is 0 Å². The number of carboxylic acids is 1. The maximum absolute atomic E-state index is 10.6. The molecule has 0 saturated heterocycles. The summed E-state index contributed by atoms with van der Waals surface area (Å²) in [4.78, 5) is 18.4. The molecule has 1 aliphatic carbocycles. The molecule has 1 heterocycles. The van der Waals surface area contributed by atoms with E-state index >= 15 is 0 Å². The Labute approximate surface area is 134 Å². The van der Waals surface area contributed by atoms with Gasteiger partial charge in [0.1, 0.15) is 22.4 Å². The predicted octanol–water partition coefficient (Wildman–Crippen LogP) is -3.04. The van der Waals surface area contributed by atoms with Crippen molar-refractivity contribution in [3.05, 3.63) is 16.5 Å². The van der Waals surface area contributed by atoms with E-state index in [1.165, 1.54) is 0 Å². The number of aromatic carboxylic acids is 1. The summed E-state index contributed by atoms with van der Waals surface area (Å²) in [5, 5.41) is 10.5. The van der Waals surface area contributed by atoms with Crippen LogP contribution in [0.3, 0.4) is 0 Å². The van der Waals surface area contributed by atoms with Crippen LogP contribution in [0.4, 0.5) is 5.82 Å². The summed E-state index contributed by atoms with van der Waals surface area (Å²) >= 11 is 5.61. The average molecular weight is 252 g/mol. The third-order valence-electron chi connectivity index (χ3n) is 2.03. The number of carbonyl (C=O) groups excluding carboxylic acids is 1. The molecule has 0 unspecified atom stereocenters. The van der Waals surface area contributed by atoms with Crippen molar-refractivity contribution in [3.63, 3.8) is 0 Å². The molecule has 5 nitrogen and oxygen atoms in total. The Morgan fingerprint density at radius 1 is 1.47 bits per heavy atom. The first-order valence-corrected chi connectivity index (χ1v) is 4.51. The number of rotatable bonds is 2. The van der Waals surface area contributed by atoms with Crippen molar-refractivity contribution < 1.29 is 61.3 Å². The van der Waals surface area contributed by atoms with Gasteiger partial charge in [0.2, 0.25) is 0 Å². The molecule has 0 aliphatic heterocycles. The summed E-state index contributed by atoms with van der Waals surface area (Å²) in [6.07, 6.45) is 1.93. The van der Waals surface area contributed by atoms with E-state index in [0.717, 1.165) is 12.8 Å². The second kappa shape index (κ2) is 5.07. The number of carbonyl (C=O) groups is 1. The monoisotopic (exact) mass is 251 g/mol. The minimum atomic E-state index is -1.42. The Morgan fingerprint density at radius 2 is 2.07 bits per heavy atom. The number of aromatic nitrogens is 2. The van der Waals surface area contributed by atoms with E-state index in [-0.39, 0.29) is 73.8 Å². The number of hydrogen-bond donors (Lipinski definition) is 1. The Hall–Kier alpha value is 0.276. The van der Waals surface area contributed by atoms with E-state index in [9.17, 15) is 9.90 Å². The number of carboxylic acid groups (broad SMARTS) is 1. The van der Waals surface area contributed by atoms with Crippen molar-refractivity contribution in [2.75, 3.05) is 5.73 Å². The minimum absolute atomic E-state index is 0. The zero-order valence-corrected chi connectivity index (χ0v) is 12.0. The van der Waals surface area contributed by atoms with Gasteiger partial charge in [-0.3, -0.25) is 0 Å². The molecule has 74 valence electrons. The third-order valence-corrected chi connectivity index (χ3v) is 2.40. The van der Waals surface area contributed by atoms with Crippen molar-refractivity contribution >= 4 is 23.4 Å². The first-order chi connectivity index (χ1) is 6.59. The quantitative estimate of drug-likeness (QED) is 0.564. The van der Waals surface area contributed by atoms with E-state index in [1.54, 1.807) is 0 Å². The van der Waals surface area contributed by atoms with Gasteiger partial charge < -0.3 is 15.6 Å². The third kappa shape index (κ3) is 2.89. The van der Waals surface area contributed by atoms with Crippen LogP contribution in [0.1, 0.15) is 35.1 Å². The van der Waals surface area contributed by atoms with Crippen molar-refractivity contribution in [3.8, 4) is 0 Å². The summed E-state index contributed by atoms with van der Waals surface area (Å²) in [7, 11) is 0. The first-order valence-electron chi connectivity index (χ1n) is 4.14. The largest absolute Gasteiger partial charge is 1.00 e. The summed E-state index contributed by atoms with van der Waals surface area (Å²) in [5.41, 5.74) is 5.13. The molecule has 15 heavy (non-hydrogen) atoms. The van der Waals surface area contributed by atoms with Crippen molar-refractivity contribution in [1.29, 1.82) is 0 Å². The van der Waals surface area contributed by atoms with Crippen LogP contribution in [0, 0.1) is 0 Å². The van der Waals surface area contributed by atoms with E-state index in [4.69, 9.17) is 17.3 Å². The summed E-state index contributed by atoms with van der Waals surface area (Å²) in [6, 6.07) is 0. The number of nitrogen functional groups attached to an aromatic ring is 1. The van der Waals surface area contributed by atoms with Gasteiger partial charge in [-0.15, -0.1) is 0 Å². The van der Waals surface area contributed by atoms with E-state index in [2.05, 4.69) is 9.97 Å². The van der Waals surface area contributed by atoms with Crippen LogP contribution in [-0.4, -0.2) is 15.9 Å². The zero-order valence-electron chi connectivity index (χ0n) is 8.16. The Bertz CT molecular complexity index is 409. The topological polar surface area (TPSA) is 91.9 Å². The average Bonchev–Trinajstić information content (AvgIpc) is 2.91. The summed E-state index contributed by atoms with van der Waals surface area (Å²) < 4.78 is 0. The Kier molecular flexibility index (Phi) is 4.51. The fraction of sp³-hybridized carbons (Fsp3) is 0.375. The van der Waals surface area contributed by atoms with E-state index < -0.39 is 5.97 Å². The summed E-state index contributed by atoms with van der Waals surface area (Å²) in [5.74, 6) is -0.743. The molecule has 1 aromatic rings. The van der Waals surface area contributed by atoms with Gasteiger partial charge in [0, 0.05) is 5.92 Å². The van der Waals surface area contributed by atoms with Crippen LogP contribution >= 0.6 is 11.6 Å². The Balaban J connectivity index is 0.00000112. The van der Waals surface area contributed by atoms with Crippen LogP contribution in [0.5, 0.6) is 0 Å². The van der Waals surface area contributed by atoms with Gasteiger partial charge in [0.15, 0.2) is 0 Å². The number of halogens is 1. The fourth-order valence-electron chi connectivity index (χ4n) is 1.14.